The van der Waals surface area contributed by atoms with E-state index >= 15 is 0 Å². The maximum absolute atomic E-state index is 13.3. The molecule has 0 spiro atoms. The van der Waals surface area contributed by atoms with Gasteiger partial charge in [-0.25, -0.2) is 8.42 Å². The van der Waals surface area contributed by atoms with Gasteiger partial charge in [0.1, 0.15) is 11.8 Å². The Bertz CT molecular complexity index is 1130. The highest BCUT2D eigenvalue weighted by molar-refractivity contribution is 7.92. The number of anilines is 1. The molecule has 0 aliphatic heterocycles. The highest BCUT2D eigenvalue weighted by atomic mass is 35.5. The van der Waals surface area contributed by atoms with Crippen molar-refractivity contribution in [3.8, 4) is 5.75 Å². The molecule has 0 aromatic heterocycles. The van der Waals surface area contributed by atoms with Crippen LogP contribution in [0.25, 0.3) is 0 Å². The summed E-state index contributed by atoms with van der Waals surface area (Å²) in [6.45, 7) is 1.54. The molecular weight excluding hydrogens is 448 g/mol. The van der Waals surface area contributed by atoms with Crippen LogP contribution in [0, 0.1) is 0 Å². The van der Waals surface area contributed by atoms with E-state index in [1.807, 2.05) is 60.7 Å². The third-order valence-electron chi connectivity index (χ3n) is 5.03. The molecule has 6 nitrogen and oxygen atoms in total. The molecule has 3 aromatic carbocycles. The quantitative estimate of drug-likeness (QED) is 0.527. The first kappa shape index (κ1) is 23.6. The number of ether oxygens (including phenoxy) is 1. The third-order valence-corrected chi connectivity index (χ3v) is 6.57. The van der Waals surface area contributed by atoms with E-state index in [2.05, 4.69) is 5.32 Å². The summed E-state index contributed by atoms with van der Waals surface area (Å²) < 4.78 is 31.5. The second kappa shape index (κ2) is 10.1. The largest absolute Gasteiger partial charge is 0.495 e. The number of benzene rings is 3. The molecule has 0 saturated carbocycles. The first-order chi connectivity index (χ1) is 15.2. The minimum absolute atomic E-state index is 0.248. The van der Waals surface area contributed by atoms with Crippen LogP contribution >= 0.6 is 11.6 Å². The summed E-state index contributed by atoms with van der Waals surface area (Å²) in [7, 11) is -2.32. The van der Waals surface area contributed by atoms with Crippen LogP contribution < -0.4 is 14.4 Å². The van der Waals surface area contributed by atoms with Crippen molar-refractivity contribution in [3.63, 3.8) is 0 Å². The van der Waals surface area contributed by atoms with Crippen LogP contribution in [0.1, 0.15) is 24.1 Å². The van der Waals surface area contributed by atoms with Crippen molar-refractivity contribution >= 4 is 33.2 Å². The Morgan fingerprint density at radius 3 is 1.94 bits per heavy atom. The average molecular weight is 473 g/mol. The number of amides is 1. The lowest BCUT2D eigenvalue weighted by Crippen LogP contribution is -2.48. The SMILES string of the molecule is COc1ccc(N([C@H](C)C(=O)NC(c2ccccc2)c2ccccc2)S(C)(=O)=O)cc1Cl. The highest BCUT2D eigenvalue weighted by Crippen LogP contribution is 2.31. The van der Waals surface area contributed by atoms with Gasteiger partial charge in [-0.1, -0.05) is 72.3 Å². The van der Waals surface area contributed by atoms with Gasteiger partial charge in [0.05, 0.1) is 30.1 Å². The molecule has 0 heterocycles. The molecule has 0 aliphatic rings. The molecule has 1 amide bonds. The van der Waals surface area contributed by atoms with E-state index in [9.17, 15) is 13.2 Å². The summed E-state index contributed by atoms with van der Waals surface area (Å²) in [5.41, 5.74) is 2.05. The first-order valence-electron chi connectivity index (χ1n) is 9.95. The van der Waals surface area contributed by atoms with E-state index in [1.54, 1.807) is 19.1 Å². The number of rotatable bonds is 8. The van der Waals surface area contributed by atoms with Gasteiger partial charge in [0.15, 0.2) is 0 Å². The maximum atomic E-state index is 13.3. The standard InChI is InChI=1S/C24H25ClN2O4S/c1-17(27(32(3,29)30)20-14-15-22(31-2)21(25)16-20)24(28)26-23(18-10-6-4-7-11-18)19-12-8-5-9-13-19/h4-17,23H,1-3H3,(H,26,28)/t17-/m1/s1. The van der Waals surface area contributed by atoms with Gasteiger partial charge in [-0.2, -0.15) is 0 Å². The molecule has 32 heavy (non-hydrogen) atoms. The molecule has 1 N–H and O–H groups in total. The Morgan fingerprint density at radius 1 is 0.969 bits per heavy atom. The summed E-state index contributed by atoms with van der Waals surface area (Å²) in [4.78, 5) is 13.3. The van der Waals surface area contributed by atoms with Crippen LogP contribution in [-0.4, -0.2) is 33.7 Å². The van der Waals surface area contributed by atoms with Crippen molar-refractivity contribution in [3.05, 3.63) is 95.0 Å². The molecule has 0 radical (unpaired) electrons. The van der Waals surface area contributed by atoms with Crippen molar-refractivity contribution in [2.75, 3.05) is 17.7 Å². The Hall–Kier alpha value is -3.03. The van der Waals surface area contributed by atoms with Gasteiger partial charge in [-0.05, 0) is 36.2 Å². The van der Waals surface area contributed by atoms with Gasteiger partial charge >= 0.3 is 0 Å². The van der Waals surface area contributed by atoms with Gasteiger partial charge in [0.25, 0.3) is 0 Å². The lowest BCUT2D eigenvalue weighted by Gasteiger charge is -2.30. The number of hydrogen-bond donors (Lipinski definition) is 1. The minimum Gasteiger partial charge on any atom is -0.495 e. The summed E-state index contributed by atoms with van der Waals surface area (Å²) >= 11 is 6.21. The monoisotopic (exact) mass is 472 g/mol. The summed E-state index contributed by atoms with van der Waals surface area (Å²) in [6, 6.07) is 22.2. The molecule has 3 rings (SSSR count). The second-order valence-corrected chi connectivity index (χ2v) is 9.58. The fraction of sp³-hybridized carbons (Fsp3) is 0.208. The van der Waals surface area contributed by atoms with E-state index in [-0.39, 0.29) is 10.7 Å². The average Bonchev–Trinajstić information content (AvgIpc) is 2.77. The Labute approximate surface area is 193 Å². The van der Waals surface area contributed by atoms with E-state index < -0.39 is 28.0 Å². The molecule has 0 aliphatic carbocycles. The zero-order valence-corrected chi connectivity index (χ0v) is 19.6. The number of nitrogens with zero attached hydrogens (tertiary/aromatic N) is 1. The maximum Gasteiger partial charge on any atom is 0.244 e. The normalized spacial score (nSPS) is 12.3. The number of carbonyl (C=O) groups is 1. The molecule has 3 aromatic rings. The zero-order chi connectivity index (χ0) is 23.3. The van der Waals surface area contributed by atoms with Gasteiger partial charge < -0.3 is 10.1 Å². The summed E-state index contributed by atoms with van der Waals surface area (Å²) in [6.07, 6.45) is 1.06. The highest BCUT2D eigenvalue weighted by Gasteiger charge is 2.31. The van der Waals surface area contributed by atoms with Gasteiger partial charge in [-0.3, -0.25) is 9.10 Å². The summed E-state index contributed by atoms with van der Waals surface area (Å²) in [5.74, 6) is -0.0331. The van der Waals surface area contributed by atoms with E-state index in [1.165, 1.54) is 13.2 Å². The number of sulfonamides is 1. The van der Waals surface area contributed by atoms with Crippen molar-refractivity contribution in [2.24, 2.45) is 0 Å². The van der Waals surface area contributed by atoms with Crippen molar-refractivity contribution in [1.82, 2.24) is 5.32 Å². The fourth-order valence-electron chi connectivity index (χ4n) is 3.51. The van der Waals surface area contributed by atoms with Crippen molar-refractivity contribution in [1.29, 1.82) is 0 Å². The number of carbonyl (C=O) groups excluding carboxylic acids is 1. The van der Waals surface area contributed by atoms with Crippen LogP contribution in [0.4, 0.5) is 5.69 Å². The van der Waals surface area contributed by atoms with Crippen LogP contribution in [0.3, 0.4) is 0 Å². The number of hydrogen-bond acceptors (Lipinski definition) is 4. The number of nitrogens with one attached hydrogen (secondary N) is 1. The molecule has 0 unspecified atom stereocenters. The first-order valence-corrected chi connectivity index (χ1v) is 12.2. The van der Waals surface area contributed by atoms with E-state index in [0.29, 0.717) is 5.75 Å². The van der Waals surface area contributed by atoms with E-state index in [0.717, 1.165) is 21.7 Å². The van der Waals surface area contributed by atoms with E-state index in [4.69, 9.17) is 16.3 Å². The molecule has 0 bridgehead atoms. The lowest BCUT2D eigenvalue weighted by molar-refractivity contribution is -0.122. The third kappa shape index (κ3) is 5.41. The Balaban J connectivity index is 1.95. The summed E-state index contributed by atoms with van der Waals surface area (Å²) in [5, 5.41) is 3.25. The zero-order valence-electron chi connectivity index (χ0n) is 18.0. The second-order valence-electron chi connectivity index (χ2n) is 7.32. The minimum atomic E-state index is -3.79. The Morgan fingerprint density at radius 2 is 1.50 bits per heavy atom. The van der Waals surface area contributed by atoms with Gasteiger partial charge in [-0.15, -0.1) is 0 Å². The van der Waals surface area contributed by atoms with Crippen LogP contribution in [-0.2, 0) is 14.8 Å². The molecule has 0 saturated heterocycles. The predicted molar refractivity (Wildman–Crippen MR) is 128 cm³/mol. The Kier molecular flexibility index (Phi) is 7.43. The topological polar surface area (TPSA) is 75.7 Å². The van der Waals surface area contributed by atoms with Gasteiger partial charge in [0, 0.05) is 0 Å². The van der Waals surface area contributed by atoms with Crippen LogP contribution in [0.5, 0.6) is 5.75 Å². The predicted octanol–water partition coefficient (Wildman–Crippen LogP) is 4.41. The molecule has 0 fully saturated rings. The van der Waals surface area contributed by atoms with Crippen molar-refractivity contribution < 1.29 is 17.9 Å². The van der Waals surface area contributed by atoms with Crippen molar-refractivity contribution in [2.45, 2.75) is 19.0 Å². The fourth-order valence-corrected chi connectivity index (χ4v) is 4.93. The van der Waals surface area contributed by atoms with Crippen LogP contribution in [0.15, 0.2) is 78.9 Å². The number of methoxy groups -OCH3 is 1. The van der Waals surface area contributed by atoms with Gasteiger partial charge in [0.2, 0.25) is 15.9 Å². The molecule has 1 atom stereocenters. The number of halogens is 1. The smallest absolute Gasteiger partial charge is 0.244 e. The molecule has 168 valence electrons. The van der Waals surface area contributed by atoms with Crippen LogP contribution in [0.2, 0.25) is 5.02 Å². The lowest BCUT2D eigenvalue weighted by atomic mass is 9.98. The molecule has 8 heteroatoms. The molecular formula is C24H25ClN2O4S.